The summed E-state index contributed by atoms with van der Waals surface area (Å²) in [6.45, 7) is 4.37. The average molecular weight is 248 g/mol. The summed E-state index contributed by atoms with van der Waals surface area (Å²) in [6, 6.07) is 0. The molecule has 74 valence electrons. The molecule has 3 nitrogen and oxygen atoms in total. The molecule has 0 bridgehead atoms. The van der Waals surface area contributed by atoms with Crippen LogP contribution in [-0.4, -0.2) is 28.1 Å². The quantitative estimate of drug-likeness (QED) is 0.695. The lowest BCUT2D eigenvalue weighted by Crippen LogP contribution is -2.38. The Morgan fingerprint density at radius 3 is 2.77 bits per heavy atom. The van der Waals surface area contributed by atoms with Gasteiger partial charge in [0.1, 0.15) is 0 Å². The second-order valence-electron chi connectivity index (χ2n) is 3.39. The highest BCUT2D eigenvalue weighted by Crippen LogP contribution is 2.20. The number of imide groups is 1. The van der Waals surface area contributed by atoms with Crippen molar-refractivity contribution >= 4 is 27.7 Å². The second kappa shape index (κ2) is 4.22. The van der Waals surface area contributed by atoms with E-state index in [1.165, 1.54) is 4.90 Å². The van der Waals surface area contributed by atoms with E-state index in [9.17, 15) is 9.59 Å². The molecule has 4 heteroatoms. The molecule has 0 aromatic carbocycles. The molecule has 2 amide bonds. The molecule has 0 radical (unpaired) electrons. The molecular formula is C9H14BrNO2. The Bertz CT molecular complexity index is 230. The second-order valence-corrected chi connectivity index (χ2v) is 4.50. The van der Waals surface area contributed by atoms with Crippen molar-refractivity contribution in [2.45, 2.75) is 31.5 Å². The van der Waals surface area contributed by atoms with Crippen LogP contribution in [0, 0.1) is 5.92 Å². The van der Waals surface area contributed by atoms with Gasteiger partial charge in [0.25, 0.3) is 0 Å². The first-order chi connectivity index (χ1) is 6.07. The summed E-state index contributed by atoms with van der Waals surface area (Å²) in [5.74, 6) is -0.0970. The van der Waals surface area contributed by atoms with Crippen LogP contribution in [0.15, 0.2) is 0 Å². The highest BCUT2D eigenvalue weighted by atomic mass is 79.9. The standard InChI is InChI=1S/C9H14BrNO2/c1-3-7(10)9(13)11-5-4-6(2)8(11)12/h6-7H,3-5H2,1-2H3. The highest BCUT2D eigenvalue weighted by Gasteiger charge is 2.34. The van der Waals surface area contributed by atoms with Gasteiger partial charge in [-0.1, -0.05) is 29.8 Å². The molecule has 0 aliphatic carbocycles. The summed E-state index contributed by atoms with van der Waals surface area (Å²) in [5, 5.41) is 0. The molecule has 1 aliphatic heterocycles. The SMILES string of the molecule is CCC(Br)C(=O)N1CCC(C)C1=O. The van der Waals surface area contributed by atoms with Crippen LogP contribution in [0.3, 0.4) is 0 Å². The molecule has 0 spiro atoms. The number of rotatable bonds is 2. The van der Waals surface area contributed by atoms with E-state index >= 15 is 0 Å². The normalized spacial score (nSPS) is 25.0. The first-order valence-corrected chi connectivity index (χ1v) is 5.48. The molecule has 1 saturated heterocycles. The summed E-state index contributed by atoms with van der Waals surface area (Å²) in [5.41, 5.74) is 0. The fraction of sp³-hybridized carbons (Fsp3) is 0.778. The number of amides is 2. The van der Waals surface area contributed by atoms with E-state index < -0.39 is 0 Å². The largest absolute Gasteiger partial charge is 0.281 e. The van der Waals surface area contributed by atoms with Gasteiger partial charge in [0.15, 0.2) is 0 Å². The van der Waals surface area contributed by atoms with Gasteiger partial charge in [0.2, 0.25) is 11.8 Å². The van der Waals surface area contributed by atoms with Gasteiger partial charge in [-0.25, -0.2) is 0 Å². The zero-order chi connectivity index (χ0) is 10.0. The first kappa shape index (κ1) is 10.7. The number of halogens is 1. The molecule has 0 N–H and O–H groups in total. The van der Waals surface area contributed by atoms with Gasteiger partial charge in [0.05, 0.1) is 4.83 Å². The van der Waals surface area contributed by atoms with Crippen LogP contribution in [0.25, 0.3) is 0 Å². The molecule has 0 aromatic heterocycles. The average Bonchev–Trinajstić information content (AvgIpc) is 2.45. The third-order valence-electron chi connectivity index (χ3n) is 2.37. The Morgan fingerprint density at radius 1 is 1.77 bits per heavy atom. The summed E-state index contributed by atoms with van der Waals surface area (Å²) in [6.07, 6.45) is 1.52. The van der Waals surface area contributed by atoms with Gasteiger partial charge >= 0.3 is 0 Å². The van der Waals surface area contributed by atoms with Gasteiger partial charge in [-0.15, -0.1) is 0 Å². The highest BCUT2D eigenvalue weighted by molar-refractivity contribution is 9.10. The predicted molar refractivity (Wildman–Crippen MR) is 53.5 cm³/mol. The maximum absolute atomic E-state index is 11.6. The van der Waals surface area contributed by atoms with Gasteiger partial charge in [-0.05, 0) is 12.8 Å². The fourth-order valence-electron chi connectivity index (χ4n) is 1.38. The van der Waals surface area contributed by atoms with E-state index in [1.54, 1.807) is 0 Å². The third kappa shape index (κ3) is 2.10. The number of carbonyl (C=O) groups excluding carboxylic acids is 2. The predicted octanol–water partition coefficient (Wildman–Crippen LogP) is 1.55. The van der Waals surface area contributed by atoms with Crippen LogP contribution in [0.4, 0.5) is 0 Å². The van der Waals surface area contributed by atoms with Crippen molar-refractivity contribution in [3.05, 3.63) is 0 Å². The number of hydrogen-bond donors (Lipinski definition) is 0. The van der Waals surface area contributed by atoms with Crippen molar-refractivity contribution in [2.24, 2.45) is 5.92 Å². The van der Waals surface area contributed by atoms with Crippen LogP contribution >= 0.6 is 15.9 Å². The Labute approximate surface area is 86.6 Å². The molecule has 1 heterocycles. The van der Waals surface area contributed by atoms with Crippen LogP contribution in [0.1, 0.15) is 26.7 Å². The fourth-order valence-corrected chi connectivity index (χ4v) is 1.63. The van der Waals surface area contributed by atoms with Gasteiger partial charge < -0.3 is 0 Å². The minimum absolute atomic E-state index is 0.0144. The minimum Gasteiger partial charge on any atom is -0.281 e. The third-order valence-corrected chi connectivity index (χ3v) is 3.40. The van der Waals surface area contributed by atoms with Gasteiger partial charge in [0, 0.05) is 12.5 Å². The molecule has 13 heavy (non-hydrogen) atoms. The number of hydrogen-bond acceptors (Lipinski definition) is 2. The van der Waals surface area contributed by atoms with E-state index in [1.807, 2.05) is 13.8 Å². The molecule has 0 aromatic rings. The van der Waals surface area contributed by atoms with Crippen molar-refractivity contribution in [3.63, 3.8) is 0 Å². The number of carbonyl (C=O) groups is 2. The number of likely N-dealkylation sites (tertiary alicyclic amines) is 1. The number of alkyl halides is 1. The van der Waals surface area contributed by atoms with Crippen molar-refractivity contribution in [3.8, 4) is 0 Å². The van der Waals surface area contributed by atoms with Crippen LogP contribution in [-0.2, 0) is 9.59 Å². The Morgan fingerprint density at radius 2 is 2.38 bits per heavy atom. The van der Waals surface area contributed by atoms with E-state index in [2.05, 4.69) is 15.9 Å². The molecule has 0 saturated carbocycles. The van der Waals surface area contributed by atoms with Crippen LogP contribution < -0.4 is 0 Å². The van der Waals surface area contributed by atoms with Crippen molar-refractivity contribution in [1.29, 1.82) is 0 Å². The lowest BCUT2D eigenvalue weighted by Gasteiger charge is -2.16. The molecular weight excluding hydrogens is 234 g/mol. The molecule has 1 rings (SSSR count). The van der Waals surface area contributed by atoms with E-state index in [4.69, 9.17) is 0 Å². The summed E-state index contributed by atoms with van der Waals surface area (Å²) in [7, 11) is 0. The van der Waals surface area contributed by atoms with Gasteiger partial charge in [-0.2, -0.15) is 0 Å². The summed E-state index contributed by atoms with van der Waals surface area (Å²) < 4.78 is 0. The monoisotopic (exact) mass is 247 g/mol. The molecule has 1 aliphatic rings. The Balaban J connectivity index is 2.63. The molecule has 2 atom stereocenters. The Kier molecular flexibility index (Phi) is 3.47. The summed E-state index contributed by atoms with van der Waals surface area (Å²) >= 11 is 3.26. The lowest BCUT2D eigenvalue weighted by molar-refractivity contribution is -0.142. The maximum Gasteiger partial charge on any atom is 0.242 e. The zero-order valence-corrected chi connectivity index (χ0v) is 9.50. The van der Waals surface area contributed by atoms with Crippen molar-refractivity contribution in [2.75, 3.05) is 6.54 Å². The van der Waals surface area contributed by atoms with Gasteiger partial charge in [-0.3, -0.25) is 14.5 Å². The number of nitrogens with zero attached hydrogens (tertiary/aromatic N) is 1. The first-order valence-electron chi connectivity index (χ1n) is 4.57. The topological polar surface area (TPSA) is 37.4 Å². The van der Waals surface area contributed by atoms with Crippen molar-refractivity contribution in [1.82, 2.24) is 4.90 Å². The van der Waals surface area contributed by atoms with Crippen LogP contribution in [0.2, 0.25) is 0 Å². The Hall–Kier alpha value is -0.380. The van der Waals surface area contributed by atoms with Crippen LogP contribution in [0.5, 0.6) is 0 Å². The van der Waals surface area contributed by atoms with Crippen molar-refractivity contribution < 1.29 is 9.59 Å². The lowest BCUT2D eigenvalue weighted by atomic mass is 10.1. The zero-order valence-electron chi connectivity index (χ0n) is 7.92. The molecule has 2 unspecified atom stereocenters. The van der Waals surface area contributed by atoms with E-state index in [0.717, 1.165) is 12.8 Å². The maximum atomic E-state index is 11.6. The smallest absolute Gasteiger partial charge is 0.242 e. The van der Waals surface area contributed by atoms with E-state index in [0.29, 0.717) is 6.54 Å². The summed E-state index contributed by atoms with van der Waals surface area (Å²) in [4.78, 5) is 24.2. The molecule has 1 fully saturated rings. The van der Waals surface area contributed by atoms with E-state index in [-0.39, 0.29) is 22.6 Å². The minimum atomic E-state index is -0.207.